The monoisotopic (exact) mass is 1590 g/mol. The van der Waals surface area contributed by atoms with Gasteiger partial charge in [0.15, 0.2) is 0 Å². The van der Waals surface area contributed by atoms with Gasteiger partial charge in [-0.15, -0.1) is 0 Å². The van der Waals surface area contributed by atoms with Gasteiger partial charge in [0.05, 0.1) is 33.4 Å². The minimum atomic E-state index is 0.839. The first-order valence-corrected chi connectivity index (χ1v) is 42.1. The average Bonchev–Trinajstić information content (AvgIpc) is 1.74. The van der Waals surface area contributed by atoms with Crippen LogP contribution in [0.3, 0.4) is 0 Å². The molecule has 8 heteroatoms. The molecule has 0 aliphatic heterocycles. The first kappa shape index (κ1) is 75.9. The predicted octanol–water partition coefficient (Wildman–Crippen LogP) is 30.6. The van der Waals surface area contributed by atoms with E-state index in [0.717, 1.165) is 72.6 Å². The SMILES string of the molecule is [AlH][O]c1cccc2cccnc12.c1ccc(-c2c3ccccc3c(-c3ccc(-n4c5ccccc5c5ccccc54)cc3)c3ccccc23)cc1.c1ccc(-c2ccnc3c2ccc2c(-c4ccccc4)ccnc23)cc1.c1ccc(N(c2ccc(-c3ccc(N(c4ccccc4)c4cccc5ccccc45)cc3)cc2)c2cccc3ccccc23)cc1. The number of fused-ring (bicyclic) bond motifs is 11. The summed E-state index contributed by atoms with van der Waals surface area (Å²) in [5, 5.41) is 16.0. The highest BCUT2D eigenvalue weighted by molar-refractivity contribution is 6.22. The summed E-state index contributed by atoms with van der Waals surface area (Å²) in [5.74, 6) is 0.839. The fourth-order valence-corrected chi connectivity index (χ4v) is 17.7. The molecule has 1 radical (unpaired) electrons. The molecule has 0 N–H and O–H groups in total. The maximum Gasteiger partial charge on any atom is 0.494 e. The van der Waals surface area contributed by atoms with E-state index in [-0.39, 0.29) is 0 Å². The van der Waals surface area contributed by atoms with Gasteiger partial charge in [-0.25, -0.2) is 0 Å². The average molecular weight is 1590 g/mol. The van der Waals surface area contributed by atoms with Crippen molar-refractivity contribution in [2.45, 2.75) is 0 Å². The first-order chi connectivity index (χ1) is 61.0. The standard InChI is InChI=1S/C44H32N2.C38H25N.C24H16N2.C9H7NO.Al.H/c1-3-17-37(18-4-1)45(43-23-11-15-35-13-7-9-21-41(35)43)39-29-25-33(26-30-39)34-27-31-40(32-28-34)46(38-19-5-2-6-20-38)44-24-12-16-36-14-8-10-22-42(36)44;1-2-12-26(13-3-1)37-31-16-4-6-18-33(31)38(34-19-7-5-17-32(34)37)27-22-24-28(25-23-27)39-35-20-10-8-14-29(35)30-15-9-11-21-36(30)39;1-3-7-17(8-4-1)19-13-15-25-23-21(19)11-12-22-20(14-16-26-24(22)23)18-9-5-2-6-10-18;11-8-5-1-3-7-4-2-6-10-9(7)8;;/h1-32H;1-25H;1-16H;1-6,11H;;/q;;;;+1;/p-1. The second kappa shape index (κ2) is 34.6. The van der Waals surface area contributed by atoms with E-state index in [2.05, 4.69) is 448 Å². The van der Waals surface area contributed by atoms with Crippen molar-refractivity contribution in [3.05, 3.63) is 480 Å². The molecule has 0 bridgehead atoms. The highest BCUT2D eigenvalue weighted by atomic mass is 27.1. The molecule has 19 aromatic carbocycles. The van der Waals surface area contributed by atoms with Crippen LogP contribution in [0.15, 0.2) is 480 Å². The molecule has 0 saturated heterocycles. The fraction of sp³-hybridized carbons (Fsp3) is 0. The molecule has 4 aromatic heterocycles. The zero-order valence-electron chi connectivity index (χ0n) is 67.4. The lowest BCUT2D eigenvalue weighted by Gasteiger charge is -2.27. The molecule has 0 amide bonds. The fourth-order valence-electron chi connectivity index (χ4n) is 17.5. The van der Waals surface area contributed by atoms with Gasteiger partial charge < -0.3 is 18.2 Å². The number of hydrogen-bond acceptors (Lipinski definition) is 6. The van der Waals surface area contributed by atoms with Crippen molar-refractivity contribution < 1.29 is 3.79 Å². The van der Waals surface area contributed by atoms with E-state index in [0.29, 0.717) is 0 Å². The van der Waals surface area contributed by atoms with Crippen molar-refractivity contribution in [2.24, 2.45) is 0 Å². The molecular weight excluding hydrogens is 1510 g/mol. The third-order valence-corrected chi connectivity index (χ3v) is 23.5. The summed E-state index contributed by atoms with van der Waals surface area (Å²) in [5.41, 5.74) is 25.5. The zero-order valence-corrected chi connectivity index (χ0v) is 68.8. The van der Waals surface area contributed by atoms with E-state index in [4.69, 9.17) is 3.79 Å². The number of benzene rings is 19. The zero-order chi connectivity index (χ0) is 82.2. The van der Waals surface area contributed by atoms with Crippen LogP contribution >= 0.6 is 0 Å². The Hall–Kier alpha value is -15.8. The van der Waals surface area contributed by atoms with Gasteiger partial charge in [-0.05, 0) is 197 Å². The van der Waals surface area contributed by atoms with Gasteiger partial charge in [-0.1, -0.05) is 352 Å². The molecular formula is C115H80AlN6O. The molecule has 4 heterocycles. The van der Waals surface area contributed by atoms with Gasteiger partial charge in [0.25, 0.3) is 0 Å². The van der Waals surface area contributed by atoms with Crippen LogP contribution in [-0.4, -0.2) is 36.1 Å². The number of nitrogens with zero attached hydrogens (tertiary/aromatic N) is 6. The first-order valence-electron chi connectivity index (χ1n) is 41.5. The third-order valence-electron chi connectivity index (χ3n) is 23.2. The quantitative estimate of drug-likeness (QED) is 0.0651. The highest BCUT2D eigenvalue weighted by Gasteiger charge is 2.22. The molecule has 0 unspecified atom stereocenters. The molecule has 0 aliphatic carbocycles. The summed E-state index contributed by atoms with van der Waals surface area (Å²) in [6.07, 6.45) is 5.52. The van der Waals surface area contributed by atoms with Gasteiger partial charge in [-0.2, -0.15) is 0 Å². The van der Waals surface area contributed by atoms with Gasteiger partial charge >= 0.3 is 16.6 Å². The molecule has 0 atom stereocenters. The molecule has 0 saturated carbocycles. The van der Waals surface area contributed by atoms with Gasteiger partial charge in [0, 0.05) is 84.7 Å². The molecule has 0 aliphatic rings. The Labute approximate surface area is 723 Å². The lowest BCUT2D eigenvalue weighted by Crippen LogP contribution is -2.10. The summed E-state index contributed by atoms with van der Waals surface area (Å²) in [4.78, 5) is 18.3. The largest absolute Gasteiger partial charge is 0.649 e. The Kier molecular flexibility index (Phi) is 21.4. The maximum atomic E-state index is 5.19. The number of pyridine rings is 3. The summed E-state index contributed by atoms with van der Waals surface area (Å²) in [6.45, 7) is 0. The molecule has 0 spiro atoms. The Morgan fingerprint density at radius 1 is 0.211 bits per heavy atom. The molecule has 579 valence electrons. The number of aromatic nitrogens is 4. The Morgan fingerprint density at radius 3 is 0.976 bits per heavy atom. The number of para-hydroxylation sites is 5. The van der Waals surface area contributed by atoms with E-state index < -0.39 is 0 Å². The van der Waals surface area contributed by atoms with Gasteiger partial charge in [0.2, 0.25) is 0 Å². The van der Waals surface area contributed by atoms with Crippen LogP contribution in [-0.2, 0) is 0 Å². The lowest BCUT2D eigenvalue weighted by atomic mass is 9.86. The van der Waals surface area contributed by atoms with Crippen molar-refractivity contribution >= 4 is 148 Å². The van der Waals surface area contributed by atoms with E-state index in [1.807, 2.05) is 54.9 Å². The minimum absolute atomic E-state index is 0.839. The summed E-state index contributed by atoms with van der Waals surface area (Å²) in [7, 11) is 0. The summed E-state index contributed by atoms with van der Waals surface area (Å²) < 4.78 is 7.57. The number of anilines is 6. The maximum absolute atomic E-state index is 5.19. The van der Waals surface area contributed by atoms with E-state index in [1.165, 1.54) is 143 Å². The summed E-state index contributed by atoms with van der Waals surface area (Å²) >= 11 is 1.47. The summed E-state index contributed by atoms with van der Waals surface area (Å²) in [6, 6.07) is 163. The lowest BCUT2D eigenvalue weighted by molar-refractivity contribution is 0.622. The Bertz CT molecular complexity index is 7320. The second-order valence-electron chi connectivity index (χ2n) is 30.3. The minimum Gasteiger partial charge on any atom is -0.649 e. The van der Waals surface area contributed by atoms with E-state index in [9.17, 15) is 0 Å². The van der Waals surface area contributed by atoms with Crippen molar-refractivity contribution in [1.29, 1.82) is 0 Å². The van der Waals surface area contributed by atoms with Gasteiger partial charge in [-0.3, -0.25) is 15.0 Å². The topological polar surface area (TPSA) is 59.3 Å². The van der Waals surface area contributed by atoms with Crippen LogP contribution in [0, 0.1) is 0 Å². The Morgan fingerprint density at radius 2 is 0.537 bits per heavy atom. The van der Waals surface area contributed by atoms with Crippen LogP contribution in [0.5, 0.6) is 5.75 Å². The van der Waals surface area contributed by atoms with Crippen LogP contribution in [0.25, 0.3) is 159 Å². The molecule has 23 aromatic rings. The van der Waals surface area contributed by atoms with Crippen LogP contribution in [0.1, 0.15) is 0 Å². The Balaban J connectivity index is 0.000000112. The molecule has 23 rings (SSSR count). The predicted molar refractivity (Wildman–Crippen MR) is 520 cm³/mol. The van der Waals surface area contributed by atoms with E-state index >= 15 is 0 Å². The van der Waals surface area contributed by atoms with E-state index in [1.54, 1.807) is 6.20 Å². The normalized spacial score (nSPS) is 11.1. The smallest absolute Gasteiger partial charge is 0.494 e. The van der Waals surface area contributed by atoms with Crippen molar-refractivity contribution in [3.63, 3.8) is 0 Å². The van der Waals surface area contributed by atoms with Crippen molar-refractivity contribution in [3.8, 4) is 67.1 Å². The highest BCUT2D eigenvalue weighted by Crippen LogP contribution is 2.47. The second-order valence-corrected chi connectivity index (χ2v) is 30.6. The van der Waals surface area contributed by atoms with Crippen LogP contribution < -0.4 is 13.6 Å². The van der Waals surface area contributed by atoms with Crippen molar-refractivity contribution in [1.82, 2.24) is 19.5 Å². The number of hydrogen-bond donors (Lipinski definition) is 0. The van der Waals surface area contributed by atoms with Crippen LogP contribution in [0.2, 0.25) is 0 Å². The molecule has 0 fully saturated rings. The van der Waals surface area contributed by atoms with Crippen molar-refractivity contribution in [2.75, 3.05) is 9.80 Å². The molecule has 123 heavy (non-hydrogen) atoms. The van der Waals surface area contributed by atoms with Gasteiger partial charge in [0.1, 0.15) is 11.3 Å². The third kappa shape index (κ3) is 15.1. The van der Waals surface area contributed by atoms with Crippen LogP contribution in [0.4, 0.5) is 34.1 Å². The molecule has 7 nitrogen and oxygen atoms in total. The number of rotatable bonds is 13.